The summed E-state index contributed by atoms with van der Waals surface area (Å²) in [6.45, 7) is 4.75. The van der Waals surface area contributed by atoms with Gasteiger partial charge in [-0.3, -0.25) is 4.90 Å². The van der Waals surface area contributed by atoms with Crippen molar-refractivity contribution in [2.75, 3.05) is 18.8 Å². The molecule has 1 unspecified atom stereocenters. The van der Waals surface area contributed by atoms with Crippen molar-refractivity contribution in [2.45, 2.75) is 25.9 Å². The van der Waals surface area contributed by atoms with Crippen molar-refractivity contribution < 1.29 is 4.39 Å². The highest BCUT2D eigenvalue weighted by Gasteiger charge is 2.28. The molecule has 3 aromatic heterocycles. The van der Waals surface area contributed by atoms with Crippen LogP contribution in [0.2, 0.25) is 0 Å². The lowest BCUT2D eigenvalue weighted by molar-refractivity contribution is 0.313. The molecule has 0 bridgehead atoms. The third kappa shape index (κ3) is 4.06. The number of thiazole rings is 1. The van der Waals surface area contributed by atoms with Gasteiger partial charge in [0.25, 0.3) is 0 Å². The Morgan fingerprint density at radius 2 is 2.00 bits per heavy atom. The maximum Gasteiger partial charge on any atom is 0.220 e. The van der Waals surface area contributed by atoms with Crippen molar-refractivity contribution in [3.05, 3.63) is 64.8 Å². The SMILES string of the molecule is Cc1nc(CN2CCC(n3cnc(-c4ccc(F)cc4)c3-c3ccnc(N)n3)C2)cs1. The molecule has 0 aliphatic carbocycles. The van der Waals surface area contributed by atoms with Gasteiger partial charge >= 0.3 is 0 Å². The fourth-order valence-electron chi connectivity index (χ4n) is 4.11. The number of imidazole rings is 1. The van der Waals surface area contributed by atoms with Crippen molar-refractivity contribution in [3.8, 4) is 22.6 Å². The van der Waals surface area contributed by atoms with Crippen LogP contribution < -0.4 is 5.73 Å². The first-order chi connectivity index (χ1) is 15.1. The van der Waals surface area contributed by atoms with Gasteiger partial charge < -0.3 is 10.3 Å². The zero-order chi connectivity index (χ0) is 21.4. The number of hydrogen-bond donors (Lipinski definition) is 1. The van der Waals surface area contributed by atoms with E-state index in [1.54, 1.807) is 29.7 Å². The Morgan fingerprint density at radius 1 is 1.16 bits per heavy atom. The van der Waals surface area contributed by atoms with E-state index in [-0.39, 0.29) is 17.8 Å². The van der Waals surface area contributed by atoms with Crippen LogP contribution in [-0.2, 0) is 6.54 Å². The summed E-state index contributed by atoms with van der Waals surface area (Å²) < 4.78 is 15.7. The smallest absolute Gasteiger partial charge is 0.220 e. The molecule has 0 radical (unpaired) electrons. The largest absolute Gasteiger partial charge is 0.368 e. The summed E-state index contributed by atoms with van der Waals surface area (Å²) in [6.07, 6.45) is 4.50. The highest BCUT2D eigenvalue weighted by atomic mass is 32.1. The summed E-state index contributed by atoms with van der Waals surface area (Å²) in [4.78, 5) is 20.2. The predicted molar refractivity (Wildman–Crippen MR) is 119 cm³/mol. The van der Waals surface area contributed by atoms with Gasteiger partial charge in [-0.1, -0.05) is 0 Å². The van der Waals surface area contributed by atoms with Crippen LogP contribution in [0, 0.1) is 12.7 Å². The Kier molecular flexibility index (Phi) is 5.21. The molecule has 1 aliphatic rings. The van der Waals surface area contributed by atoms with E-state index in [1.165, 1.54) is 12.1 Å². The van der Waals surface area contributed by atoms with Crippen molar-refractivity contribution in [1.82, 2.24) is 29.4 Å². The van der Waals surface area contributed by atoms with Gasteiger partial charge in [-0.15, -0.1) is 11.3 Å². The third-order valence-corrected chi connectivity index (χ3v) is 6.34. The molecule has 5 rings (SSSR count). The number of anilines is 1. The number of rotatable bonds is 5. The van der Waals surface area contributed by atoms with Gasteiger partial charge in [-0.2, -0.15) is 0 Å². The van der Waals surface area contributed by atoms with Crippen molar-refractivity contribution in [3.63, 3.8) is 0 Å². The first kappa shape index (κ1) is 19.8. The van der Waals surface area contributed by atoms with E-state index in [2.05, 4.69) is 34.8 Å². The Labute approximate surface area is 183 Å². The molecular weight excluding hydrogens is 413 g/mol. The van der Waals surface area contributed by atoms with E-state index >= 15 is 0 Å². The van der Waals surface area contributed by atoms with Crippen LogP contribution in [-0.4, -0.2) is 42.5 Å². The molecule has 0 spiro atoms. The summed E-state index contributed by atoms with van der Waals surface area (Å²) >= 11 is 1.68. The highest BCUT2D eigenvalue weighted by Crippen LogP contribution is 2.35. The number of hydrogen-bond acceptors (Lipinski definition) is 7. The second-order valence-electron chi connectivity index (χ2n) is 7.69. The molecule has 0 saturated carbocycles. The quantitative estimate of drug-likeness (QED) is 0.511. The van der Waals surface area contributed by atoms with Crippen LogP contribution in [0.15, 0.2) is 48.2 Å². The molecule has 158 valence electrons. The summed E-state index contributed by atoms with van der Waals surface area (Å²) in [6, 6.07) is 8.44. The van der Waals surface area contributed by atoms with Gasteiger partial charge in [0.2, 0.25) is 5.95 Å². The molecular formula is C22H22FN7S. The number of nitrogen functional groups attached to an aromatic ring is 1. The average Bonchev–Trinajstić information content (AvgIpc) is 3.48. The van der Waals surface area contributed by atoms with Crippen LogP contribution in [0.25, 0.3) is 22.6 Å². The predicted octanol–water partition coefficient (Wildman–Crippen LogP) is 3.94. The zero-order valence-corrected chi connectivity index (χ0v) is 17.9. The number of aryl methyl sites for hydroxylation is 1. The standard InChI is InChI=1S/C22H22FN7S/c1-14-27-17(12-31-14)10-29-9-7-18(11-29)30-13-26-20(15-2-4-16(23)5-3-15)21(30)19-6-8-25-22(24)28-19/h2-6,8,12-13,18H,7,9-11H2,1H3,(H2,24,25,28). The maximum atomic E-state index is 13.5. The number of halogens is 1. The first-order valence-electron chi connectivity index (χ1n) is 10.1. The van der Waals surface area contributed by atoms with Crippen molar-refractivity contribution >= 4 is 17.3 Å². The van der Waals surface area contributed by atoms with Crippen LogP contribution in [0.3, 0.4) is 0 Å². The molecule has 1 atom stereocenters. The van der Waals surface area contributed by atoms with E-state index in [4.69, 9.17) is 5.73 Å². The van der Waals surface area contributed by atoms with Gasteiger partial charge in [0.1, 0.15) is 5.82 Å². The molecule has 31 heavy (non-hydrogen) atoms. The van der Waals surface area contributed by atoms with Crippen molar-refractivity contribution in [2.24, 2.45) is 0 Å². The van der Waals surface area contributed by atoms with Gasteiger partial charge in [0, 0.05) is 42.8 Å². The number of nitrogens with zero attached hydrogens (tertiary/aromatic N) is 6. The number of likely N-dealkylation sites (tertiary alicyclic amines) is 1. The maximum absolute atomic E-state index is 13.5. The number of benzene rings is 1. The van der Waals surface area contributed by atoms with Crippen molar-refractivity contribution in [1.29, 1.82) is 0 Å². The first-order valence-corrected chi connectivity index (χ1v) is 11.0. The van der Waals surface area contributed by atoms with Crippen LogP contribution in [0.5, 0.6) is 0 Å². The Morgan fingerprint density at radius 3 is 2.74 bits per heavy atom. The Bertz CT molecular complexity index is 1200. The topological polar surface area (TPSA) is 85.8 Å². The molecule has 1 aromatic carbocycles. The summed E-state index contributed by atoms with van der Waals surface area (Å²) in [5, 5.41) is 3.22. The molecule has 9 heteroatoms. The average molecular weight is 436 g/mol. The second-order valence-corrected chi connectivity index (χ2v) is 8.75. The van der Waals surface area contributed by atoms with Gasteiger partial charge in [-0.05, 0) is 43.7 Å². The minimum atomic E-state index is -0.278. The van der Waals surface area contributed by atoms with E-state index < -0.39 is 0 Å². The molecule has 4 heterocycles. The lowest BCUT2D eigenvalue weighted by Crippen LogP contribution is -2.21. The lowest BCUT2D eigenvalue weighted by atomic mass is 10.1. The summed E-state index contributed by atoms with van der Waals surface area (Å²) in [7, 11) is 0. The van der Waals surface area contributed by atoms with Crippen LogP contribution >= 0.6 is 11.3 Å². The Balaban J connectivity index is 1.49. The number of nitrogens with two attached hydrogens (primary N) is 1. The minimum Gasteiger partial charge on any atom is -0.368 e. The zero-order valence-electron chi connectivity index (χ0n) is 17.1. The number of aromatic nitrogens is 5. The molecule has 1 saturated heterocycles. The molecule has 0 amide bonds. The summed E-state index contributed by atoms with van der Waals surface area (Å²) in [5.74, 6) is -0.0676. The van der Waals surface area contributed by atoms with Crippen LogP contribution in [0.1, 0.15) is 23.2 Å². The summed E-state index contributed by atoms with van der Waals surface area (Å²) in [5.41, 5.74) is 10.2. The van der Waals surface area contributed by atoms with Gasteiger partial charge in [0.15, 0.2) is 0 Å². The van der Waals surface area contributed by atoms with E-state index in [0.29, 0.717) is 5.69 Å². The highest BCUT2D eigenvalue weighted by molar-refractivity contribution is 7.09. The molecule has 1 aliphatic heterocycles. The van der Waals surface area contributed by atoms with E-state index in [1.807, 2.05) is 19.3 Å². The Hall–Kier alpha value is -3.17. The van der Waals surface area contributed by atoms with Gasteiger partial charge in [-0.25, -0.2) is 24.3 Å². The van der Waals surface area contributed by atoms with Gasteiger partial charge in [0.05, 0.1) is 34.1 Å². The molecule has 2 N–H and O–H groups in total. The van der Waals surface area contributed by atoms with E-state index in [9.17, 15) is 4.39 Å². The molecule has 1 fully saturated rings. The molecule has 4 aromatic rings. The molecule has 7 nitrogen and oxygen atoms in total. The fourth-order valence-corrected chi connectivity index (χ4v) is 4.71. The van der Waals surface area contributed by atoms with Crippen LogP contribution in [0.4, 0.5) is 10.3 Å². The van der Waals surface area contributed by atoms with E-state index in [0.717, 1.165) is 53.7 Å². The third-order valence-electron chi connectivity index (χ3n) is 5.52. The fraction of sp³-hybridized carbons (Fsp3) is 0.273. The lowest BCUT2D eigenvalue weighted by Gasteiger charge is -2.18. The second kappa shape index (κ2) is 8.16. The minimum absolute atomic E-state index is 0.210. The normalized spacial score (nSPS) is 16.8. The monoisotopic (exact) mass is 435 g/mol.